The molecule has 0 aliphatic heterocycles. The molecular weight excluding hydrogens is 368 g/mol. The van der Waals surface area contributed by atoms with Crippen molar-refractivity contribution >= 4 is 11.9 Å². The predicted molar refractivity (Wildman–Crippen MR) is 113 cm³/mol. The van der Waals surface area contributed by atoms with E-state index in [0.717, 1.165) is 12.0 Å². The lowest BCUT2D eigenvalue weighted by Gasteiger charge is -2.25. The first-order chi connectivity index (χ1) is 13.9. The molecule has 0 bridgehead atoms. The van der Waals surface area contributed by atoms with E-state index < -0.39 is 5.97 Å². The van der Waals surface area contributed by atoms with E-state index in [-0.39, 0.29) is 18.6 Å². The fraction of sp³-hybridized carbons (Fsp3) is 0.391. The second-order valence-corrected chi connectivity index (χ2v) is 6.91. The van der Waals surface area contributed by atoms with Crippen LogP contribution in [0.2, 0.25) is 0 Å². The molecule has 156 valence electrons. The lowest BCUT2D eigenvalue weighted by molar-refractivity contribution is -0.145. The van der Waals surface area contributed by atoms with E-state index in [1.807, 2.05) is 14.1 Å². The predicted octanol–water partition coefficient (Wildman–Crippen LogP) is 3.22. The lowest BCUT2D eigenvalue weighted by atomic mass is 10.0. The van der Waals surface area contributed by atoms with Crippen LogP contribution in [0.5, 0.6) is 5.75 Å². The molecule has 6 heteroatoms. The highest BCUT2D eigenvalue weighted by Gasteiger charge is 2.16. The van der Waals surface area contributed by atoms with Crippen LogP contribution < -0.4 is 10.1 Å². The van der Waals surface area contributed by atoms with E-state index >= 15 is 0 Å². The first-order valence-electron chi connectivity index (χ1n) is 9.86. The third-order valence-corrected chi connectivity index (χ3v) is 4.61. The SMILES string of the molecule is CCOC(=O)COc1cccc(C(=O)NCC(c2ccc(CC)cc2)N(C)C)c1. The van der Waals surface area contributed by atoms with E-state index in [4.69, 9.17) is 9.47 Å². The van der Waals surface area contributed by atoms with Crippen LogP contribution in [0.15, 0.2) is 48.5 Å². The molecule has 2 aromatic rings. The number of hydrogen-bond acceptors (Lipinski definition) is 5. The van der Waals surface area contributed by atoms with Gasteiger partial charge >= 0.3 is 5.97 Å². The molecule has 0 fully saturated rings. The van der Waals surface area contributed by atoms with Crippen molar-refractivity contribution in [1.29, 1.82) is 0 Å². The zero-order valence-electron chi connectivity index (χ0n) is 17.6. The fourth-order valence-electron chi connectivity index (χ4n) is 2.94. The number of hydrogen-bond donors (Lipinski definition) is 1. The van der Waals surface area contributed by atoms with Crippen molar-refractivity contribution < 1.29 is 19.1 Å². The molecule has 29 heavy (non-hydrogen) atoms. The van der Waals surface area contributed by atoms with Crippen LogP contribution in [-0.4, -0.2) is 50.6 Å². The molecular formula is C23H30N2O4. The van der Waals surface area contributed by atoms with Gasteiger partial charge in [-0.25, -0.2) is 4.79 Å². The van der Waals surface area contributed by atoms with Crippen LogP contribution in [0, 0.1) is 0 Å². The van der Waals surface area contributed by atoms with Crippen LogP contribution in [-0.2, 0) is 16.0 Å². The van der Waals surface area contributed by atoms with Gasteiger partial charge in [0.1, 0.15) is 5.75 Å². The molecule has 6 nitrogen and oxygen atoms in total. The zero-order valence-corrected chi connectivity index (χ0v) is 17.6. The topological polar surface area (TPSA) is 67.9 Å². The van der Waals surface area contributed by atoms with Crippen molar-refractivity contribution in [2.24, 2.45) is 0 Å². The number of aryl methyl sites for hydroxylation is 1. The van der Waals surface area contributed by atoms with Crippen molar-refractivity contribution in [3.8, 4) is 5.75 Å². The second-order valence-electron chi connectivity index (χ2n) is 6.91. The molecule has 0 radical (unpaired) electrons. The smallest absolute Gasteiger partial charge is 0.344 e. The highest BCUT2D eigenvalue weighted by atomic mass is 16.6. The Kier molecular flexibility index (Phi) is 8.68. The summed E-state index contributed by atoms with van der Waals surface area (Å²) in [6, 6.07) is 15.3. The molecule has 2 aromatic carbocycles. The van der Waals surface area contributed by atoms with Gasteiger partial charge in [-0.1, -0.05) is 37.3 Å². The lowest BCUT2D eigenvalue weighted by Crippen LogP contribution is -2.34. The van der Waals surface area contributed by atoms with Gasteiger partial charge in [-0.05, 0) is 56.8 Å². The van der Waals surface area contributed by atoms with Crippen LogP contribution >= 0.6 is 0 Å². The number of nitrogens with one attached hydrogen (secondary N) is 1. The molecule has 0 heterocycles. The molecule has 0 aliphatic rings. The quantitative estimate of drug-likeness (QED) is 0.623. The van der Waals surface area contributed by atoms with Crippen LogP contribution in [0.25, 0.3) is 0 Å². The molecule has 0 aromatic heterocycles. The summed E-state index contributed by atoms with van der Waals surface area (Å²) in [6.45, 7) is 4.46. The summed E-state index contributed by atoms with van der Waals surface area (Å²) in [4.78, 5) is 26.1. The maximum atomic E-state index is 12.6. The fourth-order valence-corrected chi connectivity index (χ4v) is 2.94. The zero-order chi connectivity index (χ0) is 21.2. The summed E-state index contributed by atoms with van der Waals surface area (Å²) in [7, 11) is 3.99. The first kappa shape index (κ1) is 22.4. The maximum Gasteiger partial charge on any atom is 0.344 e. The van der Waals surface area contributed by atoms with E-state index in [1.165, 1.54) is 5.56 Å². The Bertz CT molecular complexity index is 803. The minimum Gasteiger partial charge on any atom is -0.482 e. The molecule has 1 amide bonds. The van der Waals surface area contributed by atoms with Crippen LogP contribution in [0.1, 0.15) is 41.4 Å². The summed E-state index contributed by atoms with van der Waals surface area (Å²) in [5.74, 6) is -0.182. The number of esters is 1. The Hall–Kier alpha value is -2.86. The first-order valence-corrected chi connectivity index (χ1v) is 9.86. The average Bonchev–Trinajstić information content (AvgIpc) is 2.73. The van der Waals surface area contributed by atoms with Gasteiger partial charge in [-0.2, -0.15) is 0 Å². The third-order valence-electron chi connectivity index (χ3n) is 4.61. The Morgan fingerprint density at radius 2 is 1.79 bits per heavy atom. The molecule has 2 rings (SSSR count). The van der Waals surface area contributed by atoms with Gasteiger partial charge in [0.15, 0.2) is 6.61 Å². The van der Waals surface area contributed by atoms with Crippen LogP contribution in [0.4, 0.5) is 0 Å². The third kappa shape index (κ3) is 6.91. The number of nitrogens with zero attached hydrogens (tertiary/aromatic N) is 1. The number of benzene rings is 2. The number of carbonyl (C=O) groups excluding carboxylic acids is 2. The highest BCUT2D eigenvalue weighted by Crippen LogP contribution is 2.19. The van der Waals surface area contributed by atoms with Crippen molar-refractivity contribution in [3.63, 3.8) is 0 Å². The van der Waals surface area contributed by atoms with Crippen molar-refractivity contribution in [3.05, 3.63) is 65.2 Å². The number of ether oxygens (including phenoxy) is 2. The Morgan fingerprint density at radius 1 is 1.07 bits per heavy atom. The Morgan fingerprint density at radius 3 is 2.41 bits per heavy atom. The highest BCUT2D eigenvalue weighted by molar-refractivity contribution is 5.94. The van der Waals surface area contributed by atoms with Gasteiger partial charge in [-0.15, -0.1) is 0 Å². The van der Waals surface area contributed by atoms with Gasteiger partial charge in [0.2, 0.25) is 0 Å². The number of likely N-dealkylation sites (N-methyl/N-ethyl adjacent to an activating group) is 1. The largest absolute Gasteiger partial charge is 0.482 e. The number of rotatable bonds is 10. The molecule has 0 saturated carbocycles. The van der Waals surface area contributed by atoms with E-state index in [0.29, 0.717) is 24.5 Å². The van der Waals surface area contributed by atoms with Crippen molar-refractivity contribution in [1.82, 2.24) is 10.2 Å². The molecule has 0 aliphatic carbocycles. The van der Waals surface area contributed by atoms with Gasteiger partial charge < -0.3 is 19.7 Å². The van der Waals surface area contributed by atoms with E-state index in [2.05, 4.69) is 41.4 Å². The number of amides is 1. The van der Waals surface area contributed by atoms with Crippen LogP contribution in [0.3, 0.4) is 0 Å². The summed E-state index contributed by atoms with van der Waals surface area (Å²) in [6.07, 6.45) is 0.998. The minimum atomic E-state index is -0.440. The Labute approximate surface area is 172 Å². The monoisotopic (exact) mass is 398 g/mol. The van der Waals surface area contributed by atoms with Gasteiger partial charge in [0.05, 0.1) is 12.6 Å². The summed E-state index contributed by atoms with van der Waals surface area (Å²) in [5.41, 5.74) is 2.92. The maximum absolute atomic E-state index is 12.6. The summed E-state index contributed by atoms with van der Waals surface area (Å²) >= 11 is 0. The minimum absolute atomic E-state index is 0.0631. The van der Waals surface area contributed by atoms with E-state index in [1.54, 1.807) is 31.2 Å². The van der Waals surface area contributed by atoms with Gasteiger partial charge in [0, 0.05) is 12.1 Å². The molecule has 0 spiro atoms. The summed E-state index contributed by atoms with van der Waals surface area (Å²) in [5, 5.41) is 2.99. The molecule has 1 unspecified atom stereocenters. The molecule has 1 atom stereocenters. The molecule has 0 saturated heterocycles. The van der Waals surface area contributed by atoms with E-state index in [9.17, 15) is 9.59 Å². The Balaban J connectivity index is 1.99. The number of carbonyl (C=O) groups is 2. The molecule has 1 N–H and O–H groups in total. The second kappa shape index (κ2) is 11.2. The average molecular weight is 399 g/mol. The summed E-state index contributed by atoms with van der Waals surface area (Å²) < 4.78 is 10.2. The normalized spacial score (nSPS) is 11.8. The van der Waals surface area contributed by atoms with Crippen molar-refractivity contribution in [2.45, 2.75) is 26.3 Å². The standard InChI is InChI=1S/C23H30N2O4/c1-5-17-10-12-18(13-11-17)21(25(3)4)15-24-23(27)19-8-7-9-20(14-19)29-16-22(26)28-6-2/h7-14,21H,5-6,15-16H2,1-4H3,(H,24,27). The van der Waals surface area contributed by atoms with Gasteiger partial charge in [-0.3, -0.25) is 4.79 Å². The van der Waals surface area contributed by atoms with Crippen molar-refractivity contribution in [2.75, 3.05) is 33.9 Å². The van der Waals surface area contributed by atoms with Gasteiger partial charge in [0.25, 0.3) is 5.91 Å².